The molecule has 0 amide bonds. The summed E-state index contributed by atoms with van der Waals surface area (Å²) in [5.74, 6) is 1.94. The second-order valence-electron chi connectivity index (χ2n) is 5.71. The molecule has 0 bridgehead atoms. The van der Waals surface area contributed by atoms with Crippen molar-refractivity contribution in [3.05, 3.63) is 40.5 Å². The van der Waals surface area contributed by atoms with Gasteiger partial charge in [0.05, 0.1) is 6.54 Å². The fraction of sp³-hybridized carbons (Fsp3) is 0.438. The largest absolute Gasteiger partial charge is 0.369 e. The molecule has 1 aliphatic heterocycles. The number of hydrogen-bond acceptors (Lipinski definition) is 5. The average molecular weight is 393 g/mol. The maximum absolute atomic E-state index is 4.96. The van der Waals surface area contributed by atoms with E-state index in [0.29, 0.717) is 24.3 Å². The third-order valence-corrected chi connectivity index (χ3v) is 4.46. The van der Waals surface area contributed by atoms with E-state index in [1.54, 1.807) is 14.0 Å². The van der Waals surface area contributed by atoms with Crippen LogP contribution in [-0.4, -0.2) is 42.3 Å². The van der Waals surface area contributed by atoms with E-state index in [1.165, 1.54) is 5.69 Å². The highest BCUT2D eigenvalue weighted by Gasteiger charge is 2.23. The number of nitrogens with one attached hydrogen (secondary N) is 2. The van der Waals surface area contributed by atoms with Gasteiger partial charge >= 0.3 is 0 Å². The van der Waals surface area contributed by atoms with Crippen LogP contribution in [0.3, 0.4) is 0 Å². The number of hydrogen-bond donors (Lipinski definition) is 2. The molecule has 1 atom stereocenters. The van der Waals surface area contributed by atoms with Gasteiger partial charge in [-0.05, 0) is 30.7 Å². The van der Waals surface area contributed by atoms with Crippen molar-refractivity contribution in [3.63, 3.8) is 0 Å². The highest BCUT2D eigenvalue weighted by molar-refractivity contribution is 9.10. The molecule has 1 aliphatic rings. The van der Waals surface area contributed by atoms with Gasteiger partial charge in [0.2, 0.25) is 5.89 Å². The number of rotatable bonds is 4. The van der Waals surface area contributed by atoms with Crippen LogP contribution in [0, 0.1) is 6.92 Å². The van der Waals surface area contributed by atoms with Gasteiger partial charge in [-0.15, -0.1) is 0 Å². The summed E-state index contributed by atoms with van der Waals surface area (Å²) in [5, 5.41) is 10.5. The minimum atomic E-state index is 0.354. The zero-order chi connectivity index (χ0) is 16.9. The number of aryl methyl sites for hydroxylation is 1. The summed E-state index contributed by atoms with van der Waals surface area (Å²) in [6.07, 6.45) is 1.07. The van der Waals surface area contributed by atoms with E-state index in [9.17, 15) is 0 Å². The Morgan fingerprint density at radius 2 is 2.21 bits per heavy atom. The topological polar surface area (TPSA) is 78.6 Å². The monoisotopic (exact) mass is 392 g/mol. The molecule has 0 spiro atoms. The fourth-order valence-electron chi connectivity index (χ4n) is 2.73. The van der Waals surface area contributed by atoms with E-state index >= 15 is 0 Å². The Kier molecular flexibility index (Phi) is 5.34. The summed E-state index contributed by atoms with van der Waals surface area (Å²) in [7, 11) is 1.76. The lowest BCUT2D eigenvalue weighted by molar-refractivity contribution is 0.386. The summed E-state index contributed by atoms with van der Waals surface area (Å²) < 4.78 is 6.06. The van der Waals surface area contributed by atoms with Crippen molar-refractivity contribution in [2.45, 2.75) is 25.9 Å². The summed E-state index contributed by atoms with van der Waals surface area (Å²) in [6, 6.07) is 8.77. The van der Waals surface area contributed by atoms with Crippen molar-refractivity contribution >= 4 is 27.6 Å². The lowest BCUT2D eigenvalue weighted by Crippen LogP contribution is -2.44. The highest BCUT2D eigenvalue weighted by Crippen LogP contribution is 2.22. The van der Waals surface area contributed by atoms with E-state index < -0.39 is 0 Å². The number of benzene rings is 1. The molecule has 0 radical (unpaired) electrons. The molecule has 2 N–H and O–H groups in total. The summed E-state index contributed by atoms with van der Waals surface area (Å²) >= 11 is 3.47. The van der Waals surface area contributed by atoms with Gasteiger partial charge in [0.15, 0.2) is 11.8 Å². The molecule has 1 aromatic carbocycles. The molecule has 3 rings (SSSR count). The molecule has 24 heavy (non-hydrogen) atoms. The highest BCUT2D eigenvalue weighted by atomic mass is 79.9. The molecule has 1 aromatic heterocycles. The number of nitrogens with zero attached hydrogens (tertiary/aromatic N) is 4. The Hall–Kier alpha value is -2.09. The Morgan fingerprint density at radius 3 is 2.88 bits per heavy atom. The molecule has 2 aromatic rings. The standard InChI is InChI=1S/C16H21BrN6O/c1-11-20-15(22-24-11)9-19-16(18-2)21-13-7-8-23(10-13)14-5-3-12(17)4-6-14/h3-6,13H,7-10H2,1-2H3,(H2,18,19,21). The van der Waals surface area contributed by atoms with Crippen LogP contribution in [-0.2, 0) is 6.54 Å². The van der Waals surface area contributed by atoms with Gasteiger partial charge in [0.1, 0.15) is 0 Å². The van der Waals surface area contributed by atoms with Crippen LogP contribution in [0.15, 0.2) is 38.3 Å². The molecule has 128 valence electrons. The quantitative estimate of drug-likeness (QED) is 0.612. The van der Waals surface area contributed by atoms with Crippen LogP contribution in [0.4, 0.5) is 5.69 Å². The van der Waals surface area contributed by atoms with Crippen LogP contribution in [0.2, 0.25) is 0 Å². The van der Waals surface area contributed by atoms with E-state index in [0.717, 1.165) is 29.9 Å². The first-order valence-electron chi connectivity index (χ1n) is 7.91. The van der Waals surface area contributed by atoms with Crippen molar-refractivity contribution in [3.8, 4) is 0 Å². The van der Waals surface area contributed by atoms with Gasteiger partial charge in [-0.25, -0.2) is 0 Å². The molecule has 7 nitrogen and oxygen atoms in total. The van der Waals surface area contributed by atoms with Crippen molar-refractivity contribution in [2.75, 3.05) is 25.0 Å². The predicted octanol–water partition coefficient (Wildman–Crippen LogP) is 2.08. The van der Waals surface area contributed by atoms with E-state index in [-0.39, 0.29) is 0 Å². The zero-order valence-electron chi connectivity index (χ0n) is 13.8. The molecule has 1 fully saturated rings. The summed E-state index contributed by atoms with van der Waals surface area (Å²) in [5.41, 5.74) is 1.24. The minimum absolute atomic E-state index is 0.354. The van der Waals surface area contributed by atoms with Crippen molar-refractivity contribution in [1.29, 1.82) is 0 Å². The number of anilines is 1. The molecule has 0 saturated carbocycles. The first-order chi connectivity index (χ1) is 11.6. The van der Waals surface area contributed by atoms with Crippen LogP contribution in [0.25, 0.3) is 0 Å². The maximum Gasteiger partial charge on any atom is 0.223 e. The third-order valence-electron chi connectivity index (χ3n) is 3.93. The minimum Gasteiger partial charge on any atom is -0.369 e. The lowest BCUT2D eigenvalue weighted by atomic mass is 10.3. The van der Waals surface area contributed by atoms with Crippen molar-refractivity contribution in [2.24, 2.45) is 4.99 Å². The van der Waals surface area contributed by atoms with Gasteiger partial charge in [-0.1, -0.05) is 21.1 Å². The molecule has 2 heterocycles. The SMILES string of the molecule is CN=C(NCc1noc(C)n1)NC1CCN(c2ccc(Br)cc2)C1. The number of guanidine groups is 1. The fourth-order valence-corrected chi connectivity index (χ4v) is 2.99. The molecular formula is C16H21BrN6O. The number of aliphatic imine (C=N–C) groups is 1. The van der Waals surface area contributed by atoms with Crippen LogP contribution in [0.1, 0.15) is 18.1 Å². The molecule has 8 heteroatoms. The van der Waals surface area contributed by atoms with E-state index in [1.807, 2.05) is 0 Å². The maximum atomic E-state index is 4.96. The first kappa shape index (κ1) is 16.8. The van der Waals surface area contributed by atoms with Gasteiger partial charge in [0, 0.05) is 43.3 Å². The third kappa shape index (κ3) is 4.25. The van der Waals surface area contributed by atoms with Gasteiger partial charge < -0.3 is 20.1 Å². The number of aromatic nitrogens is 2. The van der Waals surface area contributed by atoms with E-state index in [2.05, 4.69) is 70.9 Å². The van der Waals surface area contributed by atoms with Crippen molar-refractivity contribution < 1.29 is 4.52 Å². The molecular weight excluding hydrogens is 372 g/mol. The Labute approximate surface area is 149 Å². The molecule has 1 saturated heterocycles. The second kappa shape index (κ2) is 7.65. The van der Waals surface area contributed by atoms with Gasteiger partial charge in [-0.2, -0.15) is 4.98 Å². The first-order valence-corrected chi connectivity index (χ1v) is 8.70. The van der Waals surface area contributed by atoms with Crippen LogP contribution < -0.4 is 15.5 Å². The zero-order valence-corrected chi connectivity index (χ0v) is 15.4. The Bertz CT molecular complexity index is 699. The summed E-state index contributed by atoms with van der Waals surface area (Å²) in [6.45, 7) is 4.24. The smallest absolute Gasteiger partial charge is 0.223 e. The Balaban J connectivity index is 1.50. The Morgan fingerprint density at radius 1 is 1.42 bits per heavy atom. The molecule has 0 aliphatic carbocycles. The van der Waals surface area contributed by atoms with Crippen LogP contribution in [0.5, 0.6) is 0 Å². The van der Waals surface area contributed by atoms with Crippen LogP contribution >= 0.6 is 15.9 Å². The normalized spacial score (nSPS) is 18.0. The van der Waals surface area contributed by atoms with Gasteiger partial charge in [-0.3, -0.25) is 4.99 Å². The van der Waals surface area contributed by atoms with E-state index in [4.69, 9.17) is 4.52 Å². The summed E-state index contributed by atoms with van der Waals surface area (Å²) in [4.78, 5) is 10.8. The number of halogens is 1. The average Bonchev–Trinajstić information content (AvgIpc) is 3.21. The predicted molar refractivity (Wildman–Crippen MR) is 97.1 cm³/mol. The lowest BCUT2D eigenvalue weighted by Gasteiger charge is -2.20. The van der Waals surface area contributed by atoms with Crippen molar-refractivity contribution in [1.82, 2.24) is 20.8 Å². The van der Waals surface area contributed by atoms with Gasteiger partial charge in [0.25, 0.3) is 0 Å². The molecule has 1 unspecified atom stereocenters. The second-order valence-corrected chi connectivity index (χ2v) is 6.62.